The Morgan fingerprint density at radius 2 is 1.95 bits per heavy atom. The zero-order valence-electron chi connectivity index (χ0n) is 13.3. The van der Waals surface area contributed by atoms with Gasteiger partial charge in [0.15, 0.2) is 0 Å². The fourth-order valence-electron chi connectivity index (χ4n) is 3.13. The highest BCUT2D eigenvalue weighted by molar-refractivity contribution is 5.83. The van der Waals surface area contributed by atoms with Crippen LogP contribution in [-0.2, 0) is 11.2 Å². The van der Waals surface area contributed by atoms with E-state index in [1.807, 2.05) is 6.92 Å². The molecule has 0 saturated carbocycles. The Kier molecular flexibility index (Phi) is 5.72. The Balaban J connectivity index is 1.90. The summed E-state index contributed by atoms with van der Waals surface area (Å²) >= 11 is 0. The van der Waals surface area contributed by atoms with Crippen LogP contribution in [0.4, 0.5) is 4.39 Å². The molecule has 0 atom stereocenters. The predicted octanol–water partition coefficient (Wildman–Crippen LogP) is 2.82. The molecular weight excluding hydrogens is 279 g/mol. The summed E-state index contributed by atoms with van der Waals surface area (Å²) in [5.74, 6) is -0.109. The molecule has 0 radical (unpaired) electrons. The normalized spacial score (nSPS) is 17.0. The van der Waals surface area contributed by atoms with Gasteiger partial charge < -0.3 is 10.6 Å². The largest absolute Gasteiger partial charge is 0.355 e. The number of carbonyl (C=O) groups excluding carboxylic acids is 1. The maximum Gasteiger partial charge on any atom is 0.226 e. The van der Waals surface area contributed by atoms with Crippen LogP contribution in [0.2, 0.25) is 0 Å². The third kappa shape index (κ3) is 4.41. The van der Waals surface area contributed by atoms with Crippen molar-refractivity contribution in [3.05, 3.63) is 47.8 Å². The van der Waals surface area contributed by atoms with Crippen LogP contribution in [0.3, 0.4) is 0 Å². The molecule has 1 fully saturated rings. The van der Waals surface area contributed by atoms with Crippen molar-refractivity contribution >= 4 is 5.91 Å². The summed E-state index contributed by atoms with van der Waals surface area (Å²) in [6, 6.07) is 6.42. The highest BCUT2D eigenvalue weighted by Crippen LogP contribution is 2.35. The minimum atomic E-state index is -0.320. The van der Waals surface area contributed by atoms with Gasteiger partial charge in [-0.2, -0.15) is 0 Å². The van der Waals surface area contributed by atoms with Crippen molar-refractivity contribution in [2.75, 3.05) is 19.6 Å². The summed E-state index contributed by atoms with van der Waals surface area (Å²) in [5, 5.41) is 6.37. The number of piperidine rings is 1. The van der Waals surface area contributed by atoms with Crippen molar-refractivity contribution in [3.63, 3.8) is 0 Å². The summed E-state index contributed by atoms with van der Waals surface area (Å²) in [4.78, 5) is 12.7. The predicted molar refractivity (Wildman–Crippen MR) is 87.1 cm³/mol. The lowest BCUT2D eigenvalue weighted by Gasteiger charge is -2.36. The van der Waals surface area contributed by atoms with E-state index in [9.17, 15) is 9.18 Å². The van der Waals surface area contributed by atoms with E-state index in [0.717, 1.165) is 43.5 Å². The third-order valence-electron chi connectivity index (χ3n) is 4.29. The topological polar surface area (TPSA) is 41.1 Å². The monoisotopic (exact) mass is 304 g/mol. The molecule has 2 rings (SSSR count). The quantitative estimate of drug-likeness (QED) is 0.794. The molecule has 3 nitrogen and oxygen atoms in total. The van der Waals surface area contributed by atoms with Crippen LogP contribution in [0.5, 0.6) is 0 Å². The number of carbonyl (C=O) groups is 1. The number of halogens is 1. The molecule has 0 aromatic heterocycles. The second-order valence-corrected chi connectivity index (χ2v) is 6.30. The maximum atomic E-state index is 12.9. The Hall–Kier alpha value is -1.68. The van der Waals surface area contributed by atoms with Crippen molar-refractivity contribution in [3.8, 4) is 0 Å². The summed E-state index contributed by atoms with van der Waals surface area (Å²) in [6.45, 7) is 8.29. The summed E-state index contributed by atoms with van der Waals surface area (Å²) in [7, 11) is 0. The second kappa shape index (κ2) is 7.54. The van der Waals surface area contributed by atoms with Gasteiger partial charge in [0, 0.05) is 6.54 Å². The lowest BCUT2D eigenvalue weighted by atomic mass is 9.73. The molecule has 1 aliphatic heterocycles. The minimum Gasteiger partial charge on any atom is -0.355 e. The number of hydrogen-bond donors (Lipinski definition) is 2. The van der Waals surface area contributed by atoms with Gasteiger partial charge >= 0.3 is 0 Å². The lowest BCUT2D eigenvalue weighted by Crippen LogP contribution is -2.48. The van der Waals surface area contributed by atoms with E-state index in [0.29, 0.717) is 13.0 Å². The number of nitrogens with one attached hydrogen (secondary N) is 2. The summed E-state index contributed by atoms with van der Waals surface area (Å²) in [6.07, 6.45) is 3.16. The van der Waals surface area contributed by atoms with E-state index in [1.165, 1.54) is 12.1 Å². The number of rotatable bonds is 6. The van der Waals surface area contributed by atoms with E-state index in [1.54, 1.807) is 12.1 Å². The summed E-state index contributed by atoms with van der Waals surface area (Å²) < 4.78 is 12.9. The smallest absolute Gasteiger partial charge is 0.226 e. The van der Waals surface area contributed by atoms with Crippen molar-refractivity contribution in [1.29, 1.82) is 0 Å². The third-order valence-corrected chi connectivity index (χ3v) is 4.29. The van der Waals surface area contributed by atoms with Gasteiger partial charge in [-0.15, -0.1) is 6.58 Å². The SMILES string of the molecule is C=C(C)CC1(C(=O)NCCc2ccc(F)cc2)CCNCC1. The molecule has 0 unspecified atom stereocenters. The first-order chi connectivity index (χ1) is 10.5. The van der Waals surface area contributed by atoms with Gasteiger partial charge in [-0.3, -0.25) is 4.79 Å². The Bertz CT molecular complexity index is 518. The molecule has 1 amide bonds. The number of allylic oxidation sites excluding steroid dienone is 1. The van der Waals surface area contributed by atoms with Gasteiger partial charge in [-0.05, 0) is 63.4 Å². The number of benzene rings is 1. The first-order valence-electron chi connectivity index (χ1n) is 7.90. The lowest BCUT2D eigenvalue weighted by molar-refractivity contribution is -0.132. The number of amides is 1. The molecule has 1 aromatic rings. The minimum absolute atomic E-state index is 0.124. The van der Waals surface area contributed by atoms with Crippen LogP contribution in [0.15, 0.2) is 36.4 Å². The zero-order chi connectivity index (χ0) is 16.0. The highest BCUT2D eigenvalue weighted by Gasteiger charge is 2.38. The first kappa shape index (κ1) is 16.7. The molecule has 0 bridgehead atoms. The van der Waals surface area contributed by atoms with Gasteiger partial charge in [-0.25, -0.2) is 4.39 Å². The molecule has 0 spiro atoms. The van der Waals surface area contributed by atoms with Crippen LogP contribution in [0.1, 0.15) is 31.7 Å². The van der Waals surface area contributed by atoms with Gasteiger partial charge in [-0.1, -0.05) is 17.7 Å². The van der Waals surface area contributed by atoms with Crippen molar-refractivity contribution in [1.82, 2.24) is 10.6 Å². The van der Waals surface area contributed by atoms with E-state index >= 15 is 0 Å². The molecule has 120 valence electrons. The first-order valence-corrected chi connectivity index (χ1v) is 7.90. The Morgan fingerprint density at radius 1 is 1.32 bits per heavy atom. The standard InChI is InChI=1S/C18H25FN2O/c1-14(2)13-18(8-11-20-12-9-18)17(22)21-10-7-15-3-5-16(19)6-4-15/h3-6,20H,1,7-13H2,2H3,(H,21,22). The fraction of sp³-hybridized carbons (Fsp3) is 0.500. The summed E-state index contributed by atoms with van der Waals surface area (Å²) in [5.41, 5.74) is 1.76. The van der Waals surface area contributed by atoms with Crippen LogP contribution < -0.4 is 10.6 Å². The molecule has 1 aliphatic rings. The Labute approximate surface area is 132 Å². The molecule has 22 heavy (non-hydrogen) atoms. The Morgan fingerprint density at radius 3 is 2.55 bits per heavy atom. The molecule has 0 aliphatic carbocycles. The van der Waals surface area contributed by atoms with Crippen LogP contribution >= 0.6 is 0 Å². The molecule has 1 saturated heterocycles. The molecule has 1 heterocycles. The molecule has 2 N–H and O–H groups in total. The molecular formula is C18H25FN2O. The van der Waals surface area contributed by atoms with E-state index in [4.69, 9.17) is 0 Å². The zero-order valence-corrected chi connectivity index (χ0v) is 13.3. The van der Waals surface area contributed by atoms with Crippen LogP contribution in [0.25, 0.3) is 0 Å². The van der Waals surface area contributed by atoms with Gasteiger partial charge in [0.2, 0.25) is 5.91 Å². The molecule has 1 aromatic carbocycles. The van der Waals surface area contributed by atoms with Gasteiger partial charge in [0.05, 0.1) is 5.41 Å². The van der Waals surface area contributed by atoms with Gasteiger partial charge in [0.25, 0.3) is 0 Å². The highest BCUT2D eigenvalue weighted by atomic mass is 19.1. The average molecular weight is 304 g/mol. The van der Waals surface area contributed by atoms with Crippen molar-refractivity contribution in [2.45, 2.75) is 32.6 Å². The van der Waals surface area contributed by atoms with Gasteiger partial charge in [0.1, 0.15) is 5.82 Å². The van der Waals surface area contributed by atoms with E-state index in [-0.39, 0.29) is 17.1 Å². The van der Waals surface area contributed by atoms with Crippen molar-refractivity contribution in [2.24, 2.45) is 5.41 Å². The second-order valence-electron chi connectivity index (χ2n) is 6.30. The molecule has 4 heteroatoms. The van der Waals surface area contributed by atoms with E-state index in [2.05, 4.69) is 17.2 Å². The van der Waals surface area contributed by atoms with Crippen molar-refractivity contribution < 1.29 is 9.18 Å². The maximum absolute atomic E-state index is 12.9. The van der Waals surface area contributed by atoms with Crippen LogP contribution in [0, 0.1) is 11.2 Å². The van der Waals surface area contributed by atoms with Crippen LogP contribution in [-0.4, -0.2) is 25.5 Å². The number of hydrogen-bond acceptors (Lipinski definition) is 2. The fourth-order valence-corrected chi connectivity index (χ4v) is 3.13. The average Bonchev–Trinajstić information content (AvgIpc) is 2.49. The van der Waals surface area contributed by atoms with E-state index < -0.39 is 0 Å².